The quantitative estimate of drug-likeness (QED) is 0.871. The number of likely N-dealkylation sites (N-methyl/N-ethyl adjacent to an activating group) is 1. The van der Waals surface area contributed by atoms with Crippen LogP contribution in [0.2, 0.25) is 0 Å². The predicted molar refractivity (Wildman–Crippen MR) is 93.3 cm³/mol. The average Bonchev–Trinajstić information content (AvgIpc) is 3.35. The van der Waals surface area contributed by atoms with Gasteiger partial charge in [0, 0.05) is 31.0 Å². The highest BCUT2D eigenvalue weighted by atomic mass is 16.2. The van der Waals surface area contributed by atoms with Crippen molar-refractivity contribution < 1.29 is 4.79 Å². The first kappa shape index (κ1) is 15.4. The summed E-state index contributed by atoms with van der Waals surface area (Å²) in [5, 5.41) is 4.30. The molecule has 1 aromatic carbocycles. The number of hydrogen-bond acceptors (Lipinski definition) is 3. The van der Waals surface area contributed by atoms with Gasteiger partial charge in [-0.1, -0.05) is 12.1 Å². The van der Waals surface area contributed by atoms with Gasteiger partial charge in [0.15, 0.2) is 0 Å². The minimum absolute atomic E-state index is 0.143. The molecule has 0 aliphatic carbocycles. The zero-order valence-corrected chi connectivity index (χ0v) is 14.1. The maximum Gasteiger partial charge on any atom is 0.256 e. The molecule has 0 bridgehead atoms. The third kappa shape index (κ3) is 2.63. The lowest BCUT2D eigenvalue weighted by molar-refractivity contribution is 0.0664. The number of rotatable bonds is 3. The van der Waals surface area contributed by atoms with E-state index in [1.165, 1.54) is 12.8 Å². The van der Waals surface area contributed by atoms with E-state index >= 15 is 0 Å². The van der Waals surface area contributed by atoms with Crippen molar-refractivity contribution in [2.75, 3.05) is 20.1 Å². The molecule has 2 aliphatic heterocycles. The minimum atomic E-state index is 0.143. The minimum Gasteiger partial charge on any atom is -0.334 e. The van der Waals surface area contributed by atoms with Crippen molar-refractivity contribution in [1.82, 2.24) is 19.6 Å². The molecule has 0 spiro atoms. The third-order valence-corrected chi connectivity index (χ3v) is 5.47. The van der Waals surface area contributed by atoms with E-state index < -0.39 is 0 Å². The van der Waals surface area contributed by atoms with Gasteiger partial charge < -0.3 is 9.80 Å². The maximum atomic E-state index is 13.3. The van der Waals surface area contributed by atoms with E-state index in [4.69, 9.17) is 0 Å². The molecule has 5 heteroatoms. The number of benzene rings is 1. The first-order valence-electron chi connectivity index (χ1n) is 8.86. The maximum absolute atomic E-state index is 13.3. The Balaban J connectivity index is 1.64. The first-order chi connectivity index (χ1) is 11.8. The van der Waals surface area contributed by atoms with Crippen LogP contribution in [0, 0.1) is 0 Å². The molecule has 5 nitrogen and oxygen atoms in total. The van der Waals surface area contributed by atoms with Crippen molar-refractivity contribution in [1.29, 1.82) is 0 Å². The van der Waals surface area contributed by atoms with Crippen molar-refractivity contribution in [3.8, 4) is 5.69 Å². The summed E-state index contributed by atoms with van der Waals surface area (Å²) >= 11 is 0. The van der Waals surface area contributed by atoms with Gasteiger partial charge in [0.05, 0.1) is 11.3 Å². The second kappa shape index (κ2) is 6.40. The number of nitrogens with zero attached hydrogens (tertiary/aromatic N) is 4. The molecule has 0 unspecified atom stereocenters. The highest BCUT2D eigenvalue weighted by molar-refractivity contribution is 5.98. The van der Waals surface area contributed by atoms with Gasteiger partial charge in [0.25, 0.3) is 5.91 Å². The fourth-order valence-corrected chi connectivity index (χ4v) is 4.29. The van der Waals surface area contributed by atoms with Crippen LogP contribution in [0.15, 0.2) is 42.7 Å². The van der Waals surface area contributed by atoms with Gasteiger partial charge in [0.2, 0.25) is 0 Å². The molecule has 126 valence electrons. The fourth-order valence-electron chi connectivity index (χ4n) is 4.29. The molecule has 0 N–H and O–H groups in total. The molecule has 1 amide bonds. The smallest absolute Gasteiger partial charge is 0.256 e. The lowest BCUT2D eigenvalue weighted by atomic mass is 10.0. The molecule has 0 radical (unpaired) electrons. The van der Waals surface area contributed by atoms with Crippen LogP contribution in [0.4, 0.5) is 0 Å². The van der Waals surface area contributed by atoms with E-state index in [0.29, 0.717) is 12.1 Å². The van der Waals surface area contributed by atoms with Crippen LogP contribution in [-0.4, -0.2) is 57.7 Å². The van der Waals surface area contributed by atoms with Gasteiger partial charge in [-0.25, -0.2) is 4.68 Å². The molecule has 2 aliphatic rings. The predicted octanol–water partition coefficient (Wildman–Crippen LogP) is 2.57. The van der Waals surface area contributed by atoms with Crippen LogP contribution in [-0.2, 0) is 0 Å². The van der Waals surface area contributed by atoms with Crippen molar-refractivity contribution in [3.63, 3.8) is 0 Å². The average molecular weight is 324 g/mol. The van der Waals surface area contributed by atoms with Crippen LogP contribution in [0.1, 0.15) is 36.0 Å². The number of carbonyl (C=O) groups excluding carboxylic acids is 1. The van der Waals surface area contributed by atoms with Crippen LogP contribution in [0.5, 0.6) is 0 Å². The summed E-state index contributed by atoms with van der Waals surface area (Å²) in [6.07, 6.45) is 8.29. The van der Waals surface area contributed by atoms with Gasteiger partial charge in [0.1, 0.15) is 0 Å². The third-order valence-electron chi connectivity index (χ3n) is 5.47. The van der Waals surface area contributed by atoms with E-state index in [-0.39, 0.29) is 5.91 Å². The Hall–Kier alpha value is -2.14. The fraction of sp³-hybridized carbons (Fsp3) is 0.474. The number of para-hydroxylation sites is 1. The van der Waals surface area contributed by atoms with Crippen molar-refractivity contribution >= 4 is 5.91 Å². The topological polar surface area (TPSA) is 41.4 Å². The van der Waals surface area contributed by atoms with Crippen LogP contribution in [0.3, 0.4) is 0 Å². The number of likely N-dealkylation sites (tertiary alicyclic amines) is 2. The second-order valence-corrected chi connectivity index (χ2v) is 6.87. The summed E-state index contributed by atoms with van der Waals surface area (Å²) in [4.78, 5) is 17.8. The molecule has 2 fully saturated rings. The highest BCUT2D eigenvalue weighted by Gasteiger charge is 2.39. The van der Waals surface area contributed by atoms with E-state index in [2.05, 4.69) is 21.9 Å². The van der Waals surface area contributed by atoms with Gasteiger partial charge in [-0.3, -0.25) is 4.79 Å². The summed E-state index contributed by atoms with van der Waals surface area (Å²) in [6, 6.07) is 10.5. The molecule has 2 aromatic rings. The van der Waals surface area contributed by atoms with Crippen molar-refractivity contribution in [3.05, 3.63) is 48.3 Å². The molecular weight excluding hydrogens is 300 g/mol. The Labute approximate surface area is 142 Å². The molecule has 2 saturated heterocycles. The summed E-state index contributed by atoms with van der Waals surface area (Å²) in [5.41, 5.74) is 1.60. The van der Waals surface area contributed by atoms with Crippen LogP contribution >= 0.6 is 0 Å². The molecular formula is C19H24N4O. The van der Waals surface area contributed by atoms with E-state index in [1.54, 1.807) is 10.9 Å². The summed E-state index contributed by atoms with van der Waals surface area (Å²) in [6.45, 7) is 2.01. The highest BCUT2D eigenvalue weighted by Crippen LogP contribution is 2.31. The largest absolute Gasteiger partial charge is 0.334 e. The first-order valence-corrected chi connectivity index (χ1v) is 8.86. The summed E-state index contributed by atoms with van der Waals surface area (Å²) in [5.74, 6) is 0.143. The normalized spacial score (nSPS) is 24.6. The van der Waals surface area contributed by atoms with E-state index in [9.17, 15) is 4.79 Å². The molecule has 0 saturated carbocycles. The monoisotopic (exact) mass is 324 g/mol. The molecule has 4 rings (SSSR count). The van der Waals surface area contributed by atoms with Gasteiger partial charge in [-0.2, -0.15) is 5.10 Å². The van der Waals surface area contributed by atoms with Gasteiger partial charge >= 0.3 is 0 Å². The van der Waals surface area contributed by atoms with Crippen LogP contribution in [0.25, 0.3) is 5.69 Å². The Bertz CT molecular complexity index is 712. The lowest BCUT2D eigenvalue weighted by Gasteiger charge is -2.33. The van der Waals surface area contributed by atoms with Crippen molar-refractivity contribution in [2.24, 2.45) is 0 Å². The van der Waals surface area contributed by atoms with E-state index in [0.717, 1.165) is 37.2 Å². The summed E-state index contributed by atoms with van der Waals surface area (Å²) < 4.78 is 1.78. The second-order valence-electron chi connectivity index (χ2n) is 6.87. The SMILES string of the molecule is CN1CCC[C@@H]1[C@H]1CCCN1C(=O)c1ccccc1-n1cccn1. The number of carbonyl (C=O) groups is 1. The van der Waals surface area contributed by atoms with E-state index in [1.807, 2.05) is 36.5 Å². The zero-order chi connectivity index (χ0) is 16.5. The standard InChI is InChI=1S/C19H24N4O/c1-21-12-4-9-17(21)18-10-5-13-22(18)19(24)15-7-2-3-8-16(15)23-14-6-11-20-23/h2-3,6-8,11,14,17-18H,4-5,9-10,12-13H2,1H3/t17-,18-/m1/s1. The summed E-state index contributed by atoms with van der Waals surface area (Å²) in [7, 11) is 2.19. The Morgan fingerprint density at radius 2 is 1.88 bits per heavy atom. The Morgan fingerprint density at radius 3 is 2.62 bits per heavy atom. The lowest BCUT2D eigenvalue weighted by Crippen LogP contribution is -2.47. The molecule has 1 aromatic heterocycles. The molecule has 24 heavy (non-hydrogen) atoms. The number of aromatic nitrogens is 2. The Morgan fingerprint density at radius 1 is 1.08 bits per heavy atom. The van der Waals surface area contributed by atoms with Gasteiger partial charge in [-0.05, 0) is 57.5 Å². The Kier molecular flexibility index (Phi) is 4.10. The molecule has 2 atom stereocenters. The number of amides is 1. The van der Waals surface area contributed by atoms with Crippen molar-refractivity contribution in [2.45, 2.75) is 37.8 Å². The van der Waals surface area contributed by atoms with Gasteiger partial charge in [-0.15, -0.1) is 0 Å². The van der Waals surface area contributed by atoms with Crippen LogP contribution < -0.4 is 0 Å². The number of hydrogen-bond donors (Lipinski definition) is 0. The molecule has 3 heterocycles. The zero-order valence-electron chi connectivity index (χ0n) is 14.1.